The summed E-state index contributed by atoms with van der Waals surface area (Å²) in [7, 11) is 1.80. The average molecular weight is 342 g/mol. The molecule has 2 N–H and O–H groups in total. The van der Waals surface area contributed by atoms with Gasteiger partial charge in [0.2, 0.25) is 0 Å². The molecule has 0 bridgehead atoms. The van der Waals surface area contributed by atoms with Crippen LogP contribution in [0.1, 0.15) is 18.1 Å². The molecule has 0 aliphatic heterocycles. The van der Waals surface area contributed by atoms with E-state index in [1.54, 1.807) is 43.2 Å². The molecular formula is C14H17BrFN3O. The number of aryl methyl sites for hydroxylation is 1. The molecule has 0 spiro atoms. The third-order valence-corrected chi connectivity index (χ3v) is 3.62. The van der Waals surface area contributed by atoms with E-state index < -0.39 is 5.60 Å². The van der Waals surface area contributed by atoms with Crippen LogP contribution in [0.15, 0.2) is 35.1 Å². The van der Waals surface area contributed by atoms with Gasteiger partial charge in [-0.1, -0.05) is 22.0 Å². The minimum Gasteiger partial charge on any atom is -0.384 e. The molecule has 0 aliphatic carbocycles. The smallest absolute Gasteiger partial charge is 0.128 e. The van der Waals surface area contributed by atoms with Gasteiger partial charge < -0.3 is 10.4 Å². The summed E-state index contributed by atoms with van der Waals surface area (Å²) in [5, 5.41) is 17.5. The fraction of sp³-hybridized carbons (Fsp3) is 0.357. The molecule has 1 heterocycles. The van der Waals surface area contributed by atoms with Crippen LogP contribution in [0.2, 0.25) is 0 Å². The molecule has 0 aliphatic rings. The number of halogens is 2. The fourth-order valence-corrected chi connectivity index (χ4v) is 2.24. The summed E-state index contributed by atoms with van der Waals surface area (Å²) in [5.41, 5.74) is 0.249. The molecule has 0 saturated heterocycles. The van der Waals surface area contributed by atoms with Crippen LogP contribution in [0.25, 0.3) is 0 Å². The van der Waals surface area contributed by atoms with Crippen molar-refractivity contribution in [3.05, 3.63) is 52.0 Å². The highest BCUT2D eigenvalue weighted by Gasteiger charge is 2.24. The Balaban J connectivity index is 1.95. The third-order valence-electron chi connectivity index (χ3n) is 3.13. The van der Waals surface area contributed by atoms with E-state index in [1.807, 2.05) is 0 Å². The maximum absolute atomic E-state index is 13.7. The first-order valence-electron chi connectivity index (χ1n) is 6.24. The summed E-state index contributed by atoms with van der Waals surface area (Å²) in [5.74, 6) is -0.270. The SMILES string of the molecule is Cn1cc(C(C)(O)CNCc2ccc(Br)cc2F)cn1. The van der Waals surface area contributed by atoms with Crippen LogP contribution < -0.4 is 5.32 Å². The molecule has 2 rings (SSSR count). The zero-order valence-electron chi connectivity index (χ0n) is 11.4. The lowest BCUT2D eigenvalue weighted by atomic mass is 9.99. The van der Waals surface area contributed by atoms with E-state index in [1.165, 1.54) is 6.07 Å². The van der Waals surface area contributed by atoms with Crippen molar-refractivity contribution in [2.24, 2.45) is 7.05 Å². The van der Waals surface area contributed by atoms with Gasteiger partial charge in [0.05, 0.1) is 6.20 Å². The zero-order chi connectivity index (χ0) is 14.8. The monoisotopic (exact) mass is 341 g/mol. The van der Waals surface area contributed by atoms with Gasteiger partial charge in [-0.2, -0.15) is 5.10 Å². The number of rotatable bonds is 5. The molecular weight excluding hydrogens is 325 g/mol. The van der Waals surface area contributed by atoms with Gasteiger partial charge in [0, 0.05) is 41.9 Å². The second kappa shape index (κ2) is 6.03. The van der Waals surface area contributed by atoms with Crippen molar-refractivity contribution >= 4 is 15.9 Å². The van der Waals surface area contributed by atoms with Crippen molar-refractivity contribution in [1.29, 1.82) is 0 Å². The van der Waals surface area contributed by atoms with Crippen LogP contribution in [0.5, 0.6) is 0 Å². The molecule has 1 aromatic carbocycles. The predicted molar refractivity (Wildman–Crippen MR) is 78.6 cm³/mol. The van der Waals surface area contributed by atoms with Crippen molar-refractivity contribution in [2.45, 2.75) is 19.1 Å². The number of hydrogen-bond acceptors (Lipinski definition) is 3. The normalized spacial score (nSPS) is 14.2. The summed E-state index contributed by atoms with van der Waals surface area (Å²) in [6.45, 7) is 2.37. The number of benzene rings is 1. The van der Waals surface area contributed by atoms with E-state index in [9.17, 15) is 9.50 Å². The van der Waals surface area contributed by atoms with Gasteiger partial charge >= 0.3 is 0 Å². The van der Waals surface area contributed by atoms with Gasteiger partial charge in [-0.25, -0.2) is 4.39 Å². The Morgan fingerprint density at radius 1 is 1.50 bits per heavy atom. The Kier molecular flexibility index (Phi) is 4.57. The van der Waals surface area contributed by atoms with Crippen molar-refractivity contribution in [2.75, 3.05) is 6.54 Å². The second-order valence-electron chi connectivity index (χ2n) is 5.02. The molecule has 0 radical (unpaired) electrons. The average Bonchev–Trinajstić information content (AvgIpc) is 2.79. The largest absolute Gasteiger partial charge is 0.384 e. The molecule has 1 aromatic heterocycles. The molecule has 108 valence electrons. The van der Waals surface area contributed by atoms with Crippen LogP contribution in [-0.4, -0.2) is 21.4 Å². The summed E-state index contributed by atoms with van der Waals surface area (Å²) in [4.78, 5) is 0. The maximum atomic E-state index is 13.7. The van der Waals surface area contributed by atoms with Crippen molar-refractivity contribution in [3.63, 3.8) is 0 Å². The Morgan fingerprint density at radius 3 is 2.85 bits per heavy atom. The lowest BCUT2D eigenvalue weighted by Gasteiger charge is -2.22. The number of aliphatic hydroxyl groups is 1. The van der Waals surface area contributed by atoms with Gasteiger partial charge in [-0.05, 0) is 19.1 Å². The van der Waals surface area contributed by atoms with Crippen LogP contribution >= 0.6 is 15.9 Å². The first-order valence-corrected chi connectivity index (χ1v) is 7.04. The van der Waals surface area contributed by atoms with E-state index in [2.05, 4.69) is 26.3 Å². The van der Waals surface area contributed by atoms with Crippen LogP contribution in [0.4, 0.5) is 4.39 Å². The highest BCUT2D eigenvalue weighted by Crippen LogP contribution is 2.19. The second-order valence-corrected chi connectivity index (χ2v) is 5.93. The molecule has 20 heavy (non-hydrogen) atoms. The molecule has 0 amide bonds. The summed E-state index contributed by atoms with van der Waals surface area (Å²) < 4.78 is 16.0. The van der Waals surface area contributed by atoms with E-state index in [4.69, 9.17) is 0 Å². The topological polar surface area (TPSA) is 50.1 Å². The number of aromatic nitrogens is 2. The molecule has 2 aromatic rings. The molecule has 0 saturated carbocycles. The molecule has 1 atom stereocenters. The standard InChI is InChI=1S/C14H17BrFN3O/c1-14(20,11-7-18-19(2)8-11)9-17-6-10-3-4-12(15)5-13(10)16/h3-5,7-8,17,20H,6,9H2,1-2H3. The number of hydrogen-bond donors (Lipinski definition) is 2. The minimum absolute atomic E-state index is 0.270. The summed E-state index contributed by atoms with van der Waals surface area (Å²) in [6.07, 6.45) is 3.39. The predicted octanol–water partition coefficient (Wildman–Crippen LogP) is 2.32. The molecule has 6 heteroatoms. The Labute approximate surface area is 125 Å². The van der Waals surface area contributed by atoms with E-state index in [0.717, 1.165) is 5.56 Å². The Hall–Kier alpha value is -1.24. The maximum Gasteiger partial charge on any atom is 0.128 e. The zero-order valence-corrected chi connectivity index (χ0v) is 13.0. The quantitative estimate of drug-likeness (QED) is 0.877. The van der Waals surface area contributed by atoms with Gasteiger partial charge in [0.15, 0.2) is 0 Å². The van der Waals surface area contributed by atoms with Gasteiger partial charge in [0.25, 0.3) is 0 Å². The first-order chi connectivity index (χ1) is 9.38. The lowest BCUT2D eigenvalue weighted by Crippen LogP contribution is -2.35. The Morgan fingerprint density at radius 2 is 2.25 bits per heavy atom. The van der Waals surface area contributed by atoms with Crippen LogP contribution in [0, 0.1) is 5.82 Å². The highest BCUT2D eigenvalue weighted by molar-refractivity contribution is 9.10. The molecule has 0 fully saturated rings. The van der Waals surface area contributed by atoms with E-state index >= 15 is 0 Å². The molecule has 4 nitrogen and oxygen atoms in total. The highest BCUT2D eigenvalue weighted by atomic mass is 79.9. The van der Waals surface area contributed by atoms with Crippen molar-refractivity contribution < 1.29 is 9.50 Å². The third kappa shape index (κ3) is 3.65. The van der Waals surface area contributed by atoms with Crippen LogP contribution in [-0.2, 0) is 19.2 Å². The van der Waals surface area contributed by atoms with Crippen molar-refractivity contribution in [1.82, 2.24) is 15.1 Å². The fourth-order valence-electron chi connectivity index (χ4n) is 1.91. The van der Waals surface area contributed by atoms with Gasteiger partial charge in [-0.3, -0.25) is 4.68 Å². The van der Waals surface area contributed by atoms with E-state index in [0.29, 0.717) is 23.1 Å². The first kappa shape index (κ1) is 15.2. The Bertz CT molecular complexity index is 598. The van der Waals surface area contributed by atoms with Crippen molar-refractivity contribution in [3.8, 4) is 0 Å². The minimum atomic E-state index is -1.04. The summed E-state index contributed by atoms with van der Waals surface area (Å²) >= 11 is 3.22. The summed E-state index contributed by atoms with van der Waals surface area (Å²) in [6, 6.07) is 4.93. The lowest BCUT2D eigenvalue weighted by molar-refractivity contribution is 0.0565. The van der Waals surface area contributed by atoms with Crippen LogP contribution in [0.3, 0.4) is 0 Å². The van der Waals surface area contributed by atoms with E-state index in [-0.39, 0.29) is 5.82 Å². The van der Waals surface area contributed by atoms with Gasteiger partial charge in [-0.15, -0.1) is 0 Å². The van der Waals surface area contributed by atoms with Gasteiger partial charge in [0.1, 0.15) is 11.4 Å². The number of nitrogens with one attached hydrogen (secondary N) is 1. The number of nitrogens with zero attached hydrogens (tertiary/aromatic N) is 2. The molecule has 1 unspecified atom stereocenters.